The molecule has 0 saturated heterocycles. The molecular formula is C20H18N2O4. The van der Waals surface area contributed by atoms with Crippen molar-refractivity contribution in [1.82, 2.24) is 9.97 Å². The monoisotopic (exact) mass is 350 g/mol. The lowest BCUT2D eigenvalue weighted by Crippen LogP contribution is -2.26. The first-order valence-electron chi connectivity index (χ1n) is 8.09. The second-order valence-corrected chi connectivity index (χ2v) is 5.45. The summed E-state index contributed by atoms with van der Waals surface area (Å²) >= 11 is 0. The van der Waals surface area contributed by atoms with Crippen LogP contribution in [-0.2, 0) is 9.53 Å². The Kier molecular flexibility index (Phi) is 5.43. The second kappa shape index (κ2) is 8.11. The van der Waals surface area contributed by atoms with E-state index in [1.807, 2.05) is 24.3 Å². The fourth-order valence-electron chi connectivity index (χ4n) is 2.21. The summed E-state index contributed by atoms with van der Waals surface area (Å²) in [5, 5.41) is 0. The third kappa shape index (κ3) is 4.36. The van der Waals surface area contributed by atoms with E-state index in [4.69, 9.17) is 14.2 Å². The predicted molar refractivity (Wildman–Crippen MR) is 97.3 cm³/mol. The van der Waals surface area contributed by atoms with Crippen LogP contribution in [0.4, 0.5) is 0 Å². The van der Waals surface area contributed by atoms with Crippen LogP contribution in [-0.4, -0.2) is 28.6 Å². The van der Waals surface area contributed by atoms with Crippen molar-refractivity contribution in [3.05, 3.63) is 67.4 Å². The highest BCUT2D eigenvalue weighted by Crippen LogP contribution is 2.24. The number of nitrogens with zero attached hydrogens (tertiary/aromatic N) is 2. The number of aromatic nitrogens is 2. The number of carbonyl (C=O) groups excluding carboxylic acids is 1. The van der Waals surface area contributed by atoms with Gasteiger partial charge in [0.15, 0.2) is 6.10 Å². The third-order valence-electron chi connectivity index (χ3n) is 3.46. The maximum Gasteiger partial charge on any atom is 0.347 e. The van der Waals surface area contributed by atoms with E-state index >= 15 is 0 Å². The van der Waals surface area contributed by atoms with Gasteiger partial charge in [0, 0.05) is 0 Å². The van der Waals surface area contributed by atoms with Crippen molar-refractivity contribution >= 4 is 17.0 Å². The molecule has 0 aliphatic carbocycles. The number of rotatable bonds is 7. The normalized spacial score (nSPS) is 11.6. The fourth-order valence-corrected chi connectivity index (χ4v) is 2.21. The molecule has 0 aliphatic rings. The summed E-state index contributed by atoms with van der Waals surface area (Å²) in [5.41, 5.74) is 1.57. The van der Waals surface area contributed by atoms with Crippen LogP contribution >= 0.6 is 0 Å². The average Bonchev–Trinajstić information content (AvgIpc) is 2.67. The van der Waals surface area contributed by atoms with Gasteiger partial charge in [0.05, 0.1) is 17.2 Å². The second-order valence-electron chi connectivity index (χ2n) is 5.45. The largest absolute Gasteiger partial charge is 0.479 e. The first-order chi connectivity index (χ1) is 12.7. The molecule has 26 heavy (non-hydrogen) atoms. The van der Waals surface area contributed by atoms with Gasteiger partial charge in [-0.05, 0) is 43.3 Å². The van der Waals surface area contributed by atoms with Gasteiger partial charge in [-0.1, -0.05) is 24.8 Å². The molecule has 3 aromatic rings. The molecular weight excluding hydrogens is 332 g/mol. The Bertz CT molecular complexity index is 909. The van der Waals surface area contributed by atoms with Crippen LogP contribution in [0.15, 0.2) is 67.4 Å². The number of hydrogen-bond donors (Lipinski definition) is 0. The number of benzene rings is 2. The fraction of sp³-hybridized carbons (Fsp3) is 0.150. The van der Waals surface area contributed by atoms with Crippen molar-refractivity contribution < 1.29 is 19.0 Å². The van der Waals surface area contributed by atoms with E-state index in [9.17, 15) is 4.79 Å². The minimum absolute atomic E-state index is 0.159. The van der Waals surface area contributed by atoms with E-state index in [1.54, 1.807) is 37.4 Å². The highest BCUT2D eigenvalue weighted by molar-refractivity contribution is 5.75. The van der Waals surface area contributed by atoms with Crippen molar-refractivity contribution in [2.45, 2.75) is 13.0 Å². The van der Waals surface area contributed by atoms with Gasteiger partial charge in [-0.15, -0.1) is 0 Å². The van der Waals surface area contributed by atoms with E-state index in [2.05, 4.69) is 16.5 Å². The Morgan fingerprint density at radius 1 is 1.12 bits per heavy atom. The summed E-state index contributed by atoms with van der Waals surface area (Å²) in [6, 6.07) is 14.4. The first-order valence-corrected chi connectivity index (χ1v) is 8.09. The number of carbonyl (C=O) groups is 1. The maximum absolute atomic E-state index is 11.7. The van der Waals surface area contributed by atoms with Crippen LogP contribution in [0.1, 0.15) is 6.92 Å². The van der Waals surface area contributed by atoms with Gasteiger partial charge >= 0.3 is 5.97 Å². The van der Waals surface area contributed by atoms with Gasteiger partial charge in [0.25, 0.3) is 0 Å². The molecule has 3 rings (SSSR count). The first kappa shape index (κ1) is 17.4. The summed E-state index contributed by atoms with van der Waals surface area (Å²) in [6.45, 7) is 5.28. The molecule has 0 saturated carbocycles. The van der Waals surface area contributed by atoms with E-state index in [0.29, 0.717) is 17.4 Å². The minimum Gasteiger partial charge on any atom is -0.479 e. The molecule has 1 atom stereocenters. The molecule has 6 nitrogen and oxygen atoms in total. The van der Waals surface area contributed by atoms with E-state index < -0.39 is 12.1 Å². The van der Waals surface area contributed by atoms with Crippen LogP contribution in [0.5, 0.6) is 17.4 Å². The van der Waals surface area contributed by atoms with E-state index in [-0.39, 0.29) is 6.61 Å². The van der Waals surface area contributed by atoms with Crippen LogP contribution < -0.4 is 9.47 Å². The SMILES string of the molecule is C=CCOC(=O)C(C)Oc1ccc(Oc2cnc3ccccc3n2)cc1. The number of esters is 1. The number of para-hydroxylation sites is 2. The van der Waals surface area contributed by atoms with Crippen LogP contribution in [0.2, 0.25) is 0 Å². The van der Waals surface area contributed by atoms with Crippen molar-refractivity contribution in [2.24, 2.45) is 0 Å². The van der Waals surface area contributed by atoms with E-state index in [0.717, 1.165) is 11.0 Å². The number of ether oxygens (including phenoxy) is 3. The molecule has 1 aromatic heterocycles. The lowest BCUT2D eigenvalue weighted by molar-refractivity contribution is -0.149. The van der Waals surface area contributed by atoms with Crippen molar-refractivity contribution in [3.8, 4) is 17.4 Å². The lowest BCUT2D eigenvalue weighted by Gasteiger charge is -2.13. The zero-order chi connectivity index (χ0) is 18.4. The summed E-state index contributed by atoms with van der Waals surface area (Å²) in [6.07, 6.45) is 2.37. The van der Waals surface area contributed by atoms with Crippen molar-refractivity contribution in [1.29, 1.82) is 0 Å². The average molecular weight is 350 g/mol. The molecule has 2 aromatic carbocycles. The maximum atomic E-state index is 11.7. The van der Waals surface area contributed by atoms with Gasteiger partial charge in [-0.3, -0.25) is 0 Å². The van der Waals surface area contributed by atoms with Gasteiger partial charge in [-0.25, -0.2) is 14.8 Å². The molecule has 6 heteroatoms. The quantitative estimate of drug-likeness (QED) is 0.475. The lowest BCUT2D eigenvalue weighted by atomic mass is 10.3. The summed E-state index contributed by atoms with van der Waals surface area (Å²) < 4.78 is 16.2. The smallest absolute Gasteiger partial charge is 0.347 e. The molecule has 1 unspecified atom stereocenters. The Morgan fingerprint density at radius 3 is 2.54 bits per heavy atom. The molecule has 0 aliphatic heterocycles. The van der Waals surface area contributed by atoms with Crippen molar-refractivity contribution in [2.75, 3.05) is 6.61 Å². The van der Waals surface area contributed by atoms with Crippen LogP contribution in [0.25, 0.3) is 11.0 Å². The highest BCUT2D eigenvalue weighted by atomic mass is 16.6. The Labute approximate surface area is 151 Å². The summed E-state index contributed by atoms with van der Waals surface area (Å²) in [7, 11) is 0. The third-order valence-corrected chi connectivity index (χ3v) is 3.46. The highest BCUT2D eigenvalue weighted by Gasteiger charge is 2.15. The van der Waals surface area contributed by atoms with Gasteiger partial charge < -0.3 is 14.2 Å². The molecule has 0 N–H and O–H groups in total. The van der Waals surface area contributed by atoms with Gasteiger partial charge in [0.1, 0.15) is 18.1 Å². The Balaban J connectivity index is 1.63. The molecule has 0 spiro atoms. The summed E-state index contributed by atoms with van der Waals surface area (Å²) in [4.78, 5) is 20.4. The molecule has 0 fully saturated rings. The Morgan fingerprint density at radius 2 is 1.81 bits per heavy atom. The standard InChI is InChI=1S/C20H18N2O4/c1-3-12-24-20(23)14(2)25-15-8-10-16(11-9-15)26-19-13-21-17-6-4-5-7-18(17)22-19/h3-11,13-14H,1,12H2,2H3. The zero-order valence-electron chi connectivity index (χ0n) is 14.3. The topological polar surface area (TPSA) is 70.5 Å². The molecule has 0 bridgehead atoms. The zero-order valence-corrected chi connectivity index (χ0v) is 14.3. The molecule has 132 valence electrons. The molecule has 0 amide bonds. The van der Waals surface area contributed by atoms with E-state index in [1.165, 1.54) is 6.08 Å². The summed E-state index contributed by atoms with van der Waals surface area (Å²) in [5.74, 6) is 1.07. The van der Waals surface area contributed by atoms with Gasteiger partial charge in [0.2, 0.25) is 5.88 Å². The number of fused-ring (bicyclic) bond motifs is 1. The van der Waals surface area contributed by atoms with Crippen molar-refractivity contribution in [3.63, 3.8) is 0 Å². The predicted octanol–water partition coefficient (Wildman–Crippen LogP) is 3.92. The molecule has 0 radical (unpaired) electrons. The minimum atomic E-state index is -0.715. The van der Waals surface area contributed by atoms with Gasteiger partial charge in [-0.2, -0.15) is 0 Å². The van der Waals surface area contributed by atoms with Crippen LogP contribution in [0, 0.1) is 0 Å². The van der Waals surface area contributed by atoms with Crippen LogP contribution in [0.3, 0.4) is 0 Å². The molecule has 1 heterocycles. The Hall–Kier alpha value is -3.41. The number of hydrogen-bond acceptors (Lipinski definition) is 6.